The minimum Gasteiger partial charge on any atom is -0.337 e. The average molecular weight is 204 g/mol. The zero-order chi connectivity index (χ0) is 10.8. The lowest BCUT2D eigenvalue weighted by molar-refractivity contribution is 0.0740. The summed E-state index contributed by atoms with van der Waals surface area (Å²) in [6, 6.07) is 7.99. The fourth-order valence-corrected chi connectivity index (χ4v) is 2.09. The standard InChI is InChI=1S/C12H16N2O/c1-14-10(8-13)7-6-9-4-2-3-5-11(9)12(14)15/h2-5,10H,6-8,13H2,1H3. The van der Waals surface area contributed by atoms with E-state index in [0.717, 1.165) is 24.0 Å². The largest absolute Gasteiger partial charge is 0.337 e. The van der Waals surface area contributed by atoms with Gasteiger partial charge in [-0.2, -0.15) is 0 Å². The number of benzene rings is 1. The molecule has 1 amide bonds. The second kappa shape index (κ2) is 4.03. The van der Waals surface area contributed by atoms with Gasteiger partial charge in [-0.3, -0.25) is 4.79 Å². The Morgan fingerprint density at radius 1 is 1.47 bits per heavy atom. The van der Waals surface area contributed by atoms with Gasteiger partial charge in [0.1, 0.15) is 0 Å². The van der Waals surface area contributed by atoms with Gasteiger partial charge in [-0.25, -0.2) is 0 Å². The molecule has 0 spiro atoms. The molecule has 1 aliphatic heterocycles. The van der Waals surface area contributed by atoms with Crippen molar-refractivity contribution < 1.29 is 4.79 Å². The van der Waals surface area contributed by atoms with Gasteiger partial charge in [-0.1, -0.05) is 18.2 Å². The smallest absolute Gasteiger partial charge is 0.254 e. The Morgan fingerprint density at radius 3 is 2.93 bits per heavy atom. The number of likely N-dealkylation sites (N-methyl/N-ethyl adjacent to an activating group) is 1. The molecule has 1 aromatic rings. The molecule has 0 aromatic heterocycles. The Hall–Kier alpha value is -1.35. The van der Waals surface area contributed by atoms with E-state index in [1.807, 2.05) is 31.3 Å². The molecular formula is C12H16N2O. The van der Waals surface area contributed by atoms with E-state index in [4.69, 9.17) is 5.73 Å². The molecule has 0 bridgehead atoms. The lowest BCUT2D eigenvalue weighted by Gasteiger charge is -2.24. The molecule has 0 aliphatic carbocycles. The minimum atomic E-state index is 0.0959. The van der Waals surface area contributed by atoms with Crippen molar-refractivity contribution in [2.24, 2.45) is 5.73 Å². The summed E-state index contributed by atoms with van der Waals surface area (Å²) >= 11 is 0. The van der Waals surface area contributed by atoms with E-state index in [1.54, 1.807) is 4.90 Å². The molecule has 0 saturated heterocycles. The Balaban J connectivity index is 2.39. The molecular weight excluding hydrogens is 188 g/mol. The van der Waals surface area contributed by atoms with E-state index in [0.29, 0.717) is 6.54 Å². The van der Waals surface area contributed by atoms with Crippen molar-refractivity contribution in [2.75, 3.05) is 13.6 Å². The third-order valence-electron chi connectivity index (χ3n) is 3.13. The summed E-state index contributed by atoms with van der Waals surface area (Å²) < 4.78 is 0. The Morgan fingerprint density at radius 2 is 2.20 bits per heavy atom. The van der Waals surface area contributed by atoms with Crippen LogP contribution in [0.25, 0.3) is 0 Å². The van der Waals surface area contributed by atoms with Crippen molar-refractivity contribution in [1.82, 2.24) is 4.90 Å². The van der Waals surface area contributed by atoms with Gasteiger partial charge in [0.15, 0.2) is 0 Å². The first-order valence-electron chi connectivity index (χ1n) is 5.29. The summed E-state index contributed by atoms with van der Waals surface area (Å²) in [5, 5.41) is 0. The molecule has 1 heterocycles. The number of hydrogen-bond acceptors (Lipinski definition) is 2. The molecule has 0 radical (unpaired) electrons. The molecule has 2 rings (SSSR count). The van der Waals surface area contributed by atoms with Crippen molar-refractivity contribution in [3.05, 3.63) is 35.4 Å². The van der Waals surface area contributed by atoms with Crippen LogP contribution in [0.3, 0.4) is 0 Å². The zero-order valence-corrected chi connectivity index (χ0v) is 8.94. The zero-order valence-electron chi connectivity index (χ0n) is 8.94. The highest BCUT2D eigenvalue weighted by Crippen LogP contribution is 2.20. The van der Waals surface area contributed by atoms with Crippen LogP contribution in [0.1, 0.15) is 22.3 Å². The highest BCUT2D eigenvalue weighted by molar-refractivity contribution is 5.96. The second-order valence-corrected chi connectivity index (χ2v) is 4.00. The van der Waals surface area contributed by atoms with E-state index >= 15 is 0 Å². The van der Waals surface area contributed by atoms with Crippen LogP contribution in [0.15, 0.2) is 24.3 Å². The Kier molecular flexibility index (Phi) is 2.73. The topological polar surface area (TPSA) is 46.3 Å². The van der Waals surface area contributed by atoms with Crippen LogP contribution >= 0.6 is 0 Å². The first kappa shape index (κ1) is 10.2. The monoisotopic (exact) mass is 204 g/mol. The molecule has 1 unspecified atom stereocenters. The van der Waals surface area contributed by atoms with Gasteiger partial charge in [0.25, 0.3) is 5.91 Å². The summed E-state index contributed by atoms with van der Waals surface area (Å²) in [6.45, 7) is 0.538. The van der Waals surface area contributed by atoms with Crippen LogP contribution in [0.2, 0.25) is 0 Å². The van der Waals surface area contributed by atoms with Crippen LogP contribution in [-0.2, 0) is 6.42 Å². The fourth-order valence-electron chi connectivity index (χ4n) is 2.09. The first-order chi connectivity index (χ1) is 7.24. The van der Waals surface area contributed by atoms with Crippen molar-refractivity contribution in [3.8, 4) is 0 Å². The van der Waals surface area contributed by atoms with Gasteiger partial charge in [-0.15, -0.1) is 0 Å². The normalized spacial score (nSPS) is 21.1. The molecule has 3 nitrogen and oxygen atoms in total. The number of hydrogen-bond donors (Lipinski definition) is 1. The van der Waals surface area contributed by atoms with Gasteiger partial charge in [0.05, 0.1) is 0 Å². The maximum absolute atomic E-state index is 12.1. The highest BCUT2D eigenvalue weighted by Gasteiger charge is 2.25. The Labute approximate surface area is 89.9 Å². The predicted octanol–water partition coefficient (Wildman–Crippen LogP) is 1.03. The first-order valence-corrected chi connectivity index (χ1v) is 5.29. The van der Waals surface area contributed by atoms with Crippen molar-refractivity contribution >= 4 is 5.91 Å². The molecule has 1 aromatic carbocycles. The van der Waals surface area contributed by atoms with Crippen LogP contribution < -0.4 is 5.73 Å². The van der Waals surface area contributed by atoms with Gasteiger partial charge in [-0.05, 0) is 24.5 Å². The van der Waals surface area contributed by atoms with E-state index in [9.17, 15) is 4.79 Å². The van der Waals surface area contributed by atoms with E-state index in [2.05, 4.69) is 0 Å². The van der Waals surface area contributed by atoms with Gasteiger partial charge in [0.2, 0.25) is 0 Å². The molecule has 2 N–H and O–H groups in total. The predicted molar refractivity (Wildman–Crippen MR) is 59.7 cm³/mol. The highest BCUT2D eigenvalue weighted by atomic mass is 16.2. The minimum absolute atomic E-state index is 0.0959. The quantitative estimate of drug-likeness (QED) is 0.742. The molecule has 3 heteroatoms. The third-order valence-corrected chi connectivity index (χ3v) is 3.13. The van der Waals surface area contributed by atoms with Gasteiger partial charge in [0, 0.05) is 25.2 Å². The summed E-state index contributed by atoms with van der Waals surface area (Å²) in [5.41, 5.74) is 7.64. The van der Waals surface area contributed by atoms with E-state index in [-0.39, 0.29) is 11.9 Å². The van der Waals surface area contributed by atoms with E-state index in [1.165, 1.54) is 0 Å². The number of amides is 1. The number of carbonyl (C=O) groups excluding carboxylic acids is 1. The molecule has 80 valence electrons. The van der Waals surface area contributed by atoms with Crippen LogP contribution in [-0.4, -0.2) is 30.4 Å². The lowest BCUT2D eigenvalue weighted by Crippen LogP contribution is -2.40. The summed E-state index contributed by atoms with van der Waals surface area (Å²) in [4.78, 5) is 13.8. The summed E-state index contributed by atoms with van der Waals surface area (Å²) in [5.74, 6) is 0.0959. The van der Waals surface area contributed by atoms with Crippen LogP contribution in [0.5, 0.6) is 0 Å². The Bertz CT molecular complexity index is 376. The number of fused-ring (bicyclic) bond motifs is 1. The summed E-state index contributed by atoms with van der Waals surface area (Å²) in [6.07, 6.45) is 1.89. The molecule has 15 heavy (non-hydrogen) atoms. The van der Waals surface area contributed by atoms with E-state index < -0.39 is 0 Å². The maximum Gasteiger partial charge on any atom is 0.254 e. The van der Waals surface area contributed by atoms with Gasteiger partial charge >= 0.3 is 0 Å². The molecule has 1 atom stereocenters. The number of aryl methyl sites for hydroxylation is 1. The van der Waals surface area contributed by atoms with Crippen LogP contribution in [0.4, 0.5) is 0 Å². The maximum atomic E-state index is 12.1. The fraction of sp³-hybridized carbons (Fsp3) is 0.417. The number of nitrogens with zero attached hydrogens (tertiary/aromatic N) is 1. The van der Waals surface area contributed by atoms with Crippen molar-refractivity contribution in [1.29, 1.82) is 0 Å². The number of nitrogens with two attached hydrogens (primary N) is 1. The van der Waals surface area contributed by atoms with Gasteiger partial charge < -0.3 is 10.6 Å². The third kappa shape index (κ3) is 1.75. The molecule has 1 aliphatic rings. The average Bonchev–Trinajstić information content (AvgIpc) is 2.39. The number of rotatable bonds is 1. The van der Waals surface area contributed by atoms with Crippen LogP contribution in [0, 0.1) is 0 Å². The SMILES string of the molecule is CN1C(=O)c2ccccc2CCC1CN. The second-order valence-electron chi connectivity index (χ2n) is 4.00. The van der Waals surface area contributed by atoms with Crippen molar-refractivity contribution in [3.63, 3.8) is 0 Å². The summed E-state index contributed by atoms with van der Waals surface area (Å²) in [7, 11) is 1.84. The molecule has 0 saturated carbocycles. The van der Waals surface area contributed by atoms with Crippen molar-refractivity contribution in [2.45, 2.75) is 18.9 Å². The molecule has 0 fully saturated rings. The lowest BCUT2D eigenvalue weighted by atomic mass is 10.0. The number of carbonyl (C=O) groups is 1.